The SMILES string of the molecule is O=C(NCc1cccc2cccnc12)c1ccnc(F)c1. The molecule has 5 heteroatoms. The van der Waals surface area contributed by atoms with Crippen molar-refractivity contribution < 1.29 is 9.18 Å². The molecule has 1 aromatic carbocycles. The third-order valence-electron chi connectivity index (χ3n) is 3.14. The minimum absolute atomic E-state index is 0.246. The second kappa shape index (κ2) is 5.66. The fourth-order valence-corrected chi connectivity index (χ4v) is 2.13. The summed E-state index contributed by atoms with van der Waals surface area (Å²) in [5.41, 5.74) is 2.01. The van der Waals surface area contributed by atoms with Crippen molar-refractivity contribution in [3.8, 4) is 0 Å². The van der Waals surface area contributed by atoms with Gasteiger partial charge in [-0.05, 0) is 17.7 Å². The summed E-state index contributed by atoms with van der Waals surface area (Å²) in [5.74, 6) is -1.02. The fourth-order valence-electron chi connectivity index (χ4n) is 2.13. The highest BCUT2D eigenvalue weighted by Gasteiger charge is 2.08. The van der Waals surface area contributed by atoms with Crippen LogP contribution in [-0.4, -0.2) is 15.9 Å². The van der Waals surface area contributed by atoms with Gasteiger partial charge < -0.3 is 5.32 Å². The number of pyridine rings is 2. The Morgan fingerprint density at radius 3 is 2.81 bits per heavy atom. The van der Waals surface area contributed by atoms with Gasteiger partial charge in [0.15, 0.2) is 0 Å². The Labute approximate surface area is 120 Å². The number of nitrogens with zero attached hydrogens (tertiary/aromatic N) is 2. The molecule has 21 heavy (non-hydrogen) atoms. The number of nitrogens with one attached hydrogen (secondary N) is 1. The van der Waals surface area contributed by atoms with Crippen LogP contribution in [0.5, 0.6) is 0 Å². The summed E-state index contributed by atoms with van der Waals surface area (Å²) in [5, 5.41) is 3.77. The molecule has 0 spiro atoms. The molecule has 0 aliphatic rings. The first-order valence-electron chi connectivity index (χ1n) is 6.46. The van der Waals surface area contributed by atoms with Gasteiger partial charge in [0.2, 0.25) is 5.95 Å². The fraction of sp³-hybridized carbons (Fsp3) is 0.0625. The molecule has 0 aliphatic heterocycles. The van der Waals surface area contributed by atoms with E-state index in [4.69, 9.17) is 0 Å². The van der Waals surface area contributed by atoms with Crippen molar-refractivity contribution in [2.75, 3.05) is 0 Å². The normalized spacial score (nSPS) is 10.5. The molecule has 1 N–H and O–H groups in total. The van der Waals surface area contributed by atoms with Crippen LogP contribution in [-0.2, 0) is 6.54 Å². The lowest BCUT2D eigenvalue weighted by Crippen LogP contribution is -2.23. The number of fused-ring (bicyclic) bond motifs is 1. The standard InChI is InChI=1S/C16H12FN3O/c17-14-9-12(6-8-18-14)16(21)20-10-13-4-1-3-11-5-2-7-19-15(11)13/h1-9H,10H2,(H,20,21). The highest BCUT2D eigenvalue weighted by Crippen LogP contribution is 2.15. The molecule has 0 saturated carbocycles. The highest BCUT2D eigenvalue weighted by atomic mass is 19.1. The van der Waals surface area contributed by atoms with Crippen molar-refractivity contribution in [3.05, 3.63) is 71.9 Å². The van der Waals surface area contributed by atoms with E-state index in [1.165, 1.54) is 12.3 Å². The maximum Gasteiger partial charge on any atom is 0.251 e. The van der Waals surface area contributed by atoms with Gasteiger partial charge in [0.05, 0.1) is 5.52 Å². The molecule has 3 rings (SSSR count). The van der Waals surface area contributed by atoms with Gasteiger partial charge in [-0.2, -0.15) is 4.39 Å². The van der Waals surface area contributed by atoms with Crippen molar-refractivity contribution in [1.82, 2.24) is 15.3 Å². The molecule has 0 unspecified atom stereocenters. The van der Waals surface area contributed by atoms with Crippen molar-refractivity contribution in [1.29, 1.82) is 0 Å². The lowest BCUT2D eigenvalue weighted by Gasteiger charge is -2.07. The molecule has 3 aromatic rings. The zero-order chi connectivity index (χ0) is 14.7. The highest BCUT2D eigenvalue weighted by molar-refractivity contribution is 5.94. The minimum atomic E-state index is -0.672. The third kappa shape index (κ3) is 2.86. The number of aromatic nitrogens is 2. The lowest BCUT2D eigenvalue weighted by atomic mass is 10.1. The van der Waals surface area contributed by atoms with Crippen LogP contribution in [0, 0.1) is 5.95 Å². The average molecular weight is 281 g/mol. The van der Waals surface area contributed by atoms with E-state index in [1.807, 2.05) is 30.3 Å². The minimum Gasteiger partial charge on any atom is -0.348 e. The number of halogens is 1. The van der Waals surface area contributed by atoms with E-state index in [0.717, 1.165) is 22.5 Å². The summed E-state index contributed by atoms with van der Waals surface area (Å²) in [6, 6.07) is 12.2. The van der Waals surface area contributed by atoms with Crippen LogP contribution in [0.4, 0.5) is 4.39 Å². The van der Waals surface area contributed by atoms with E-state index in [9.17, 15) is 9.18 Å². The van der Waals surface area contributed by atoms with E-state index < -0.39 is 5.95 Å². The number of carbonyl (C=O) groups is 1. The Kier molecular flexibility index (Phi) is 3.55. The van der Waals surface area contributed by atoms with E-state index in [0.29, 0.717) is 6.54 Å². The monoisotopic (exact) mass is 281 g/mol. The first-order valence-corrected chi connectivity index (χ1v) is 6.46. The van der Waals surface area contributed by atoms with Gasteiger partial charge in [-0.15, -0.1) is 0 Å². The Balaban J connectivity index is 1.79. The maximum atomic E-state index is 13.0. The largest absolute Gasteiger partial charge is 0.348 e. The van der Waals surface area contributed by atoms with E-state index in [1.54, 1.807) is 6.20 Å². The van der Waals surface area contributed by atoms with Crippen molar-refractivity contribution in [2.45, 2.75) is 6.54 Å². The van der Waals surface area contributed by atoms with Crippen LogP contribution in [0.25, 0.3) is 10.9 Å². The van der Waals surface area contributed by atoms with E-state index in [2.05, 4.69) is 15.3 Å². The molecule has 2 heterocycles. The summed E-state index contributed by atoms with van der Waals surface area (Å²) in [7, 11) is 0. The third-order valence-corrected chi connectivity index (χ3v) is 3.14. The quantitative estimate of drug-likeness (QED) is 0.751. The smallest absolute Gasteiger partial charge is 0.251 e. The molecule has 0 saturated heterocycles. The van der Waals surface area contributed by atoms with Gasteiger partial charge in [0.25, 0.3) is 5.91 Å². The number of rotatable bonds is 3. The first kappa shape index (κ1) is 13.2. The van der Waals surface area contributed by atoms with Gasteiger partial charge in [0.1, 0.15) is 0 Å². The molecule has 104 valence electrons. The maximum absolute atomic E-state index is 13.0. The Hall–Kier alpha value is -2.82. The van der Waals surface area contributed by atoms with Gasteiger partial charge in [-0.3, -0.25) is 9.78 Å². The molecule has 0 atom stereocenters. The van der Waals surface area contributed by atoms with Gasteiger partial charge in [-0.1, -0.05) is 24.3 Å². The molecular formula is C16H12FN3O. The van der Waals surface area contributed by atoms with Crippen molar-refractivity contribution in [3.63, 3.8) is 0 Å². The number of para-hydroxylation sites is 1. The summed E-state index contributed by atoms with van der Waals surface area (Å²) in [6.07, 6.45) is 2.98. The molecular weight excluding hydrogens is 269 g/mol. The molecule has 1 amide bonds. The van der Waals surface area contributed by atoms with Gasteiger partial charge in [0, 0.05) is 36.0 Å². The van der Waals surface area contributed by atoms with Crippen LogP contribution >= 0.6 is 0 Å². The average Bonchev–Trinajstić information content (AvgIpc) is 2.52. The Morgan fingerprint density at radius 1 is 1.10 bits per heavy atom. The topological polar surface area (TPSA) is 54.9 Å². The van der Waals surface area contributed by atoms with E-state index >= 15 is 0 Å². The number of hydrogen-bond donors (Lipinski definition) is 1. The number of hydrogen-bond acceptors (Lipinski definition) is 3. The molecule has 0 bridgehead atoms. The molecule has 0 fully saturated rings. The van der Waals surface area contributed by atoms with Crippen molar-refractivity contribution in [2.24, 2.45) is 0 Å². The number of amides is 1. The van der Waals surface area contributed by atoms with Crippen LogP contribution in [0.3, 0.4) is 0 Å². The summed E-state index contributed by atoms with van der Waals surface area (Å²) < 4.78 is 13.0. The van der Waals surface area contributed by atoms with Crippen LogP contribution in [0.1, 0.15) is 15.9 Å². The van der Waals surface area contributed by atoms with Crippen molar-refractivity contribution >= 4 is 16.8 Å². The Morgan fingerprint density at radius 2 is 1.95 bits per heavy atom. The molecule has 0 radical (unpaired) electrons. The summed E-state index contributed by atoms with van der Waals surface area (Å²) in [4.78, 5) is 19.7. The summed E-state index contributed by atoms with van der Waals surface area (Å²) in [6.45, 7) is 0.330. The molecule has 4 nitrogen and oxygen atoms in total. The van der Waals surface area contributed by atoms with Crippen LogP contribution < -0.4 is 5.32 Å². The van der Waals surface area contributed by atoms with Crippen LogP contribution in [0.2, 0.25) is 0 Å². The van der Waals surface area contributed by atoms with Gasteiger partial charge >= 0.3 is 0 Å². The zero-order valence-electron chi connectivity index (χ0n) is 11.1. The van der Waals surface area contributed by atoms with E-state index in [-0.39, 0.29) is 11.5 Å². The lowest BCUT2D eigenvalue weighted by molar-refractivity contribution is 0.0950. The predicted molar refractivity (Wildman–Crippen MR) is 77.1 cm³/mol. The van der Waals surface area contributed by atoms with Gasteiger partial charge in [-0.25, -0.2) is 4.98 Å². The summed E-state index contributed by atoms with van der Waals surface area (Å²) >= 11 is 0. The zero-order valence-corrected chi connectivity index (χ0v) is 11.1. The number of carbonyl (C=O) groups excluding carboxylic acids is 1. The Bertz CT molecular complexity index is 799. The first-order chi connectivity index (χ1) is 10.2. The van der Waals surface area contributed by atoms with Crippen LogP contribution in [0.15, 0.2) is 54.9 Å². The second-order valence-corrected chi connectivity index (χ2v) is 4.54. The number of benzene rings is 1. The molecule has 2 aromatic heterocycles. The predicted octanol–water partition coefficient (Wildman–Crippen LogP) is 2.70. The second-order valence-electron chi connectivity index (χ2n) is 4.54. The molecule has 0 aliphatic carbocycles.